The molecule has 5 nitrogen and oxygen atoms in total. The molecule has 1 aromatic heterocycles. The van der Waals surface area contributed by atoms with Crippen molar-refractivity contribution in [2.24, 2.45) is 0 Å². The van der Waals surface area contributed by atoms with Crippen molar-refractivity contribution in [3.05, 3.63) is 53.9 Å². The van der Waals surface area contributed by atoms with Gasteiger partial charge in [-0.3, -0.25) is 4.98 Å². The molecule has 6 heteroatoms. The van der Waals surface area contributed by atoms with Crippen LogP contribution in [0.2, 0.25) is 0 Å². The molecule has 23 heavy (non-hydrogen) atoms. The van der Waals surface area contributed by atoms with Crippen LogP contribution in [0.1, 0.15) is 23.5 Å². The zero-order chi connectivity index (χ0) is 15.9. The minimum absolute atomic E-state index is 0.243. The normalized spacial score (nSPS) is 21.1. The first-order chi connectivity index (χ1) is 11.1. The zero-order valence-corrected chi connectivity index (χ0v) is 13.5. The third kappa shape index (κ3) is 2.62. The highest BCUT2D eigenvalue weighted by molar-refractivity contribution is 7.89. The lowest BCUT2D eigenvalue weighted by molar-refractivity contribution is 0.357. The van der Waals surface area contributed by atoms with Crippen molar-refractivity contribution in [1.82, 2.24) is 9.29 Å². The van der Waals surface area contributed by atoms with Gasteiger partial charge in [-0.15, -0.1) is 0 Å². The molecule has 0 unspecified atom stereocenters. The zero-order valence-electron chi connectivity index (χ0n) is 12.7. The van der Waals surface area contributed by atoms with E-state index >= 15 is 0 Å². The Hall–Kier alpha value is -1.92. The van der Waals surface area contributed by atoms with Crippen LogP contribution in [0.15, 0.2) is 47.6 Å². The van der Waals surface area contributed by atoms with Crippen LogP contribution in [0.4, 0.5) is 0 Å². The average molecular weight is 330 g/mol. The lowest BCUT2D eigenvalue weighted by atomic mass is 9.96. The van der Waals surface area contributed by atoms with Crippen LogP contribution < -0.4 is 4.74 Å². The second-order valence-electron chi connectivity index (χ2n) is 6.00. The number of pyridine rings is 1. The lowest BCUT2D eigenvalue weighted by Crippen LogP contribution is -2.28. The number of aromatic nitrogens is 1. The van der Waals surface area contributed by atoms with E-state index < -0.39 is 10.0 Å². The fourth-order valence-electron chi connectivity index (χ4n) is 3.33. The predicted molar refractivity (Wildman–Crippen MR) is 86.0 cm³/mol. The number of fused-ring (bicyclic) bond motifs is 1. The summed E-state index contributed by atoms with van der Waals surface area (Å²) in [6.45, 7) is 1.82. The van der Waals surface area contributed by atoms with Crippen LogP contribution in [0.5, 0.6) is 5.75 Å². The van der Waals surface area contributed by atoms with Crippen LogP contribution in [-0.4, -0.2) is 37.4 Å². The summed E-state index contributed by atoms with van der Waals surface area (Å²) in [5.41, 5.74) is 2.44. The Bertz CT molecular complexity index is 821. The summed E-state index contributed by atoms with van der Waals surface area (Å²) in [4.78, 5) is 4.19. The van der Waals surface area contributed by atoms with E-state index in [1.54, 1.807) is 22.6 Å². The van der Waals surface area contributed by atoms with Crippen LogP contribution in [0.3, 0.4) is 0 Å². The molecule has 0 bridgehead atoms. The first-order valence-corrected chi connectivity index (χ1v) is 9.24. The molecule has 1 atom stereocenters. The van der Waals surface area contributed by atoms with E-state index in [9.17, 15) is 8.42 Å². The Morgan fingerprint density at radius 1 is 1.26 bits per heavy atom. The number of ether oxygens (including phenoxy) is 1. The summed E-state index contributed by atoms with van der Waals surface area (Å²) in [5.74, 6) is 1.21. The number of hydrogen-bond acceptors (Lipinski definition) is 4. The Morgan fingerprint density at radius 2 is 2.17 bits per heavy atom. The molecule has 0 radical (unpaired) electrons. The van der Waals surface area contributed by atoms with Gasteiger partial charge in [0.25, 0.3) is 0 Å². The van der Waals surface area contributed by atoms with Crippen molar-refractivity contribution >= 4 is 10.0 Å². The van der Waals surface area contributed by atoms with Gasteiger partial charge >= 0.3 is 0 Å². The molecule has 1 aromatic carbocycles. The molecule has 0 amide bonds. The summed E-state index contributed by atoms with van der Waals surface area (Å²) < 4.78 is 32.4. The van der Waals surface area contributed by atoms with Gasteiger partial charge in [-0.25, -0.2) is 8.42 Å². The van der Waals surface area contributed by atoms with E-state index in [-0.39, 0.29) is 10.8 Å². The quantitative estimate of drug-likeness (QED) is 0.866. The molecule has 2 aromatic rings. The van der Waals surface area contributed by atoms with Gasteiger partial charge in [0.05, 0.1) is 6.61 Å². The Morgan fingerprint density at radius 3 is 3.00 bits per heavy atom. The van der Waals surface area contributed by atoms with E-state index in [2.05, 4.69) is 17.1 Å². The van der Waals surface area contributed by atoms with E-state index in [1.165, 1.54) is 17.3 Å². The molecule has 3 heterocycles. The van der Waals surface area contributed by atoms with Crippen LogP contribution >= 0.6 is 0 Å². The fourth-order valence-corrected chi connectivity index (χ4v) is 4.79. The molecule has 2 aliphatic heterocycles. The van der Waals surface area contributed by atoms with Gasteiger partial charge in [0.2, 0.25) is 10.0 Å². The molecule has 0 saturated carbocycles. The summed E-state index contributed by atoms with van der Waals surface area (Å²) in [6, 6.07) is 9.50. The van der Waals surface area contributed by atoms with Crippen molar-refractivity contribution in [2.45, 2.75) is 23.7 Å². The van der Waals surface area contributed by atoms with E-state index in [1.807, 2.05) is 6.07 Å². The molecule has 0 aliphatic carbocycles. The molecule has 0 N–H and O–H groups in total. The average Bonchev–Trinajstić information content (AvgIpc) is 3.24. The number of hydrogen-bond donors (Lipinski definition) is 0. The van der Waals surface area contributed by atoms with Crippen molar-refractivity contribution in [3.8, 4) is 5.75 Å². The van der Waals surface area contributed by atoms with Gasteiger partial charge in [-0.2, -0.15) is 4.31 Å². The number of nitrogens with zero attached hydrogens (tertiary/aromatic N) is 2. The third-order valence-corrected chi connectivity index (χ3v) is 6.46. The Balaban J connectivity index is 1.55. The summed E-state index contributed by atoms with van der Waals surface area (Å²) >= 11 is 0. The second-order valence-corrected chi connectivity index (χ2v) is 7.94. The maximum Gasteiger partial charge on any atom is 0.244 e. The molecular formula is C17H18N2O3S. The van der Waals surface area contributed by atoms with Crippen LogP contribution in [0.25, 0.3) is 0 Å². The van der Waals surface area contributed by atoms with Crippen LogP contribution in [-0.2, 0) is 16.4 Å². The van der Waals surface area contributed by atoms with E-state index in [0.717, 1.165) is 25.2 Å². The third-order valence-electron chi connectivity index (χ3n) is 4.61. The first-order valence-electron chi connectivity index (χ1n) is 7.80. The molecule has 1 fully saturated rings. The Labute approximate surface area is 136 Å². The first kappa shape index (κ1) is 14.7. The van der Waals surface area contributed by atoms with Gasteiger partial charge in [-0.1, -0.05) is 12.1 Å². The van der Waals surface area contributed by atoms with Gasteiger partial charge in [0.1, 0.15) is 10.6 Å². The fraction of sp³-hybridized carbons (Fsp3) is 0.353. The van der Waals surface area contributed by atoms with Crippen molar-refractivity contribution in [2.75, 3.05) is 19.7 Å². The largest absolute Gasteiger partial charge is 0.493 e. The van der Waals surface area contributed by atoms with Gasteiger partial charge in [0.15, 0.2) is 0 Å². The van der Waals surface area contributed by atoms with Gasteiger partial charge in [0, 0.05) is 31.9 Å². The summed E-state index contributed by atoms with van der Waals surface area (Å²) in [5, 5.41) is 0. The van der Waals surface area contributed by atoms with E-state index in [0.29, 0.717) is 13.1 Å². The maximum atomic E-state index is 12.7. The maximum absolute atomic E-state index is 12.7. The van der Waals surface area contributed by atoms with Crippen molar-refractivity contribution < 1.29 is 13.2 Å². The molecule has 2 aliphatic rings. The van der Waals surface area contributed by atoms with E-state index in [4.69, 9.17) is 4.74 Å². The predicted octanol–water partition coefficient (Wildman–Crippen LogP) is 2.19. The molecular weight excluding hydrogens is 312 g/mol. The number of sulfonamides is 1. The highest BCUT2D eigenvalue weighted by atomic mass is 32.2. The second kappa shape index (κ2) is 5.62. The lowest BCUT2D eigenvalue weighted by Gasteiger charge is -2.16. The minimum Gasteiger partial charge on any atom is -0.493 e. The highest BCUT2D eigenvalue weighted by Gasteiger charge is 2.33. The highest BCUT2D eigenvalue weighted by Crippen LogP contribution is 2.34. The molecule has 1 saturated heterocycles. The van der Waals surface area contributed by atoms with Crippen LogP contribution in [0, 0.1) is 0 Å². The molecule has 4 rings (SSSR count). The molecule has 0 spiro atoms. The van der Waals surface area contributed by atoms with Gasteiger partial charge < -0.3 is 4.74 Å². The minimum atomic E-state index is -3.44. The topological polar surface area (TPSA) is 59.5 Å². The summed E-state index contributed by atoms with van der Waals surface area (Å²) in [6.07, 6.45) is 4.78. The standard InChI is InChI=1S/C17H18N2O3S/c20-23(21,16-2-1-7-18-11-16)19-8-5-15(12-19)13-3-4-17-14(10-13)6-9-22-17/h1-4,7,10-11,15H,5-6,8-9,12H2/t15-/m1/s1. The SMILES string of the molecule is O=S(=O)(c1cccnc1)N1CC[C@@H](c2ccc3c(c2)CCO3)C1. The Kier molecular flexibility index (Phi) is 3.58. The molecule has 120 valence electrons. The van der Waals surface area contributed by atoms with Gasteiger partial charge in [-0.05, 0) is 41.7 Å². The monoisotopic (exact) mass is 330 g/mol. The smallest absolute Gasteiger partial charge is 0.244 e. The summed E-state index contributed by atoms with van der Waals surface area (Å²) in [7, 11) is -3.44. The van der Waals surface area contributed by atoms with Crippen molar-refractivity contribution in [3.63, 3.8) is 0 Å². The number of rotatable bonds is 3. The van der Waals surface area contributed by atoms with Crippen molar-refractivity contribution in [1.29, 1.82) is 0 Å². The number of benzene rings is 1.